The van der Waals surface area contributed by atoms with Gasteiger partial charge in [-0.15, -0.1) is 0 Å². The zero-order valence-corrected chi connectivity index (χ0v) is 18.1. The molecule has 0 saturated carbocycles. The van der Waals surface area contributed by atoms with Gasteiger partial charge in [-0.3, -0.25) is 5.21 Å². The summed E-state index contributed by atoms with van der Waals surface area (Å²) in [6, 6.07) is 7.49. The molecule has 2 aliphatic heterocycles. The standard InChI is InChI=1S/C25H33NO3/c1-17(2)10-8-11-18(3)12-9-15-25(5,27)23-16-21-19(4)26(28)22-14-7-6-13-20(22)24(21)29-23/h6-7,9-10,12-15,19,23,27-28H,8,11,16H2,1-5H3/b15-9+,18-12+/t19?,23-,25+/m0/s1. The van der Waals surface area contributed by atoms with Crippen molar-refractivity contribution in [2.75, 3.05) is 5.06 Å². The molecule has 0 fully saturated rings. The van der Waals surface area contributed by atoms with Crippen molar-refractivity contribution in [1.29, 1.82) is 0 Å². The number of aliphatic hydroxyl groups is 1. The molecule has 0 aromatic heterocycles. The molecule has 0 radical (unpaired) electrons. The zero-order valence-electron chi connectivity index (χ0n) is 18.1. The summed E-state index contributed by atoms with van der Waals surface area (Å²) in [5, 5.41) is 22.9. The molecule has 156 valence electrons. The molecule has 0 saturated heterocycles. The molecule has 29 heavy (non-hydrogen) atoms. The number of anilines is 1. The third-order valence-electron chi connectivity index (χ3n) is 5.78. The van der Waals surface area contributed by atoms with Crippen LogP contribution in [0.2, 0.25) is 0 Å². The van der Waals surface area contributed by atoms with E-state index < -0.39 is 5.60 Å². The van der Waals surface area contributed by atoms with Crippen LogP contribution in [0.4, 0.5) is 5.69 Å². The molecule has 4 nitrogen and oxygen atoms in total. The second kappa shape index (κ2) is 8.60. The lowest BCUT2D eigenvalue weighted by Gasteiger charge is -2.31. The first kappa shape index (κ1) is 21.4. The highest BCUT2D eigenvalue weighted by Gasteiger charge is 2.43. The maximum atomic E-state index is 11.1. The van der Waals surface area contributed by atoms with Crippen LogP contribution in [-0.2, 0) is 4.74 Å². The Bertz CT molecular complexity index is 872. The number of hydrogen-bond donors (Lipinski definition) is 2. The monoisotopic (exact) mass is 395 g/mol. The van der Waals surface area contributed by atoms with E-state index in [0.29, 0.717) is 6.42 Å². The molecule has 3 atom stereocenters. The summed E-state index contributed by atoms with van der Waals surface area (Å²) in [5.74, 6) is 0.797. The van der Waals surface area contributed by atoms with Crippen molar-refractivity contribution >= 4 is 11.4 Å². The Morgan fingerprint density at radius 2 is 2.00 bits per heavy atom. The van der Waals surface area contributed by atoms with E-state index in [1.54, 1.807) is 6.92 Å². The summed E-state index contributed by atoms with van der Waals surface area (Å²) in [6.45, 7) is 10.1. The topological polar surface area (TPSA) is 52.9 Å². The molecule has 0 amide bonds. The van der Waals surface area contributed by atoms with Gasteiger partial charge in [-0.25, -0.2) is 5.06 Å². The van der Waals surface area contributed by atoms with Gasteiger partial charge in [-0.05, 0) is 65.7 Å². The molecule has 0 spiro atoms. The summed E-state index contributed by atoms with van der Waals surface area (Å²) < 4.78 is 6.24. The molecule has 2 N–H and O–H groups in total. The quantitative estimate of drug-likeness (QED) is 0.473. The smallest absolute Gasteiger partial charge is 0.135 e. The number of para-hydroxylation sites is 1. The van der Waals surface area contributed by atoms with Gasteiger partial charge in [0.2, 0.25) is 0 Å². The summed E-state index contributed by atoms with van der Waals surface area (Å²) in [5.41, 5.74) is 4.15. The van der Waals surface area contributed by atoms with Crippen molar-refractivity contribution in [1.82, 2.24) is 0 Å². The highest BCUT2D eigenvalue weighted by molar-refractivity contribution is 5.80. The van der Waals surface area contributed by atoms with E-state index in [0.717, 1.165) is 35.4 Å². The van der Waals surface area contributed by atoms with Crippen LogP contribution in [0.15, 0.2) is 65.3 Å². The predicted molar refractivity (Wildman–Crippen MR) is 119 cm³/mol. The highest BCUT2D eigenvalue weighted by atomic mass is 16.5. The molecule has 0 aliphatic carbocycles. The molecule has 2 aliphatic rings. The lowest BCUT2D eigenvalue weighted by molar-refractivity contribution is -0.0148. The third kappa shape index (κ3) is 4.65. The van der Waals surface area contributed by atoms with E-state index in [9.17, 15) is 10.3 Å². The predicted octanol–water partition coefficient (Wildman–Crippen LogP) is 5.78. The van der Waals surface area contributed by atoms with Crippen molar-refractivity contribution < 1.29 is 15.1 Å². The summed E-state index contributed by atoms with van der Waals surface area (Å²) in [6.07, 6.45) is 10.3. The van der Waals surface area contributed by atoms with Crippen LogP contribution in [0.3, 0.4) is 0 Å². The third-order valence-corrected chi connectivity index (χ3v) is 5.78. The first-order valence-corrected chi connectivity index (χ1v) is 10.4. The second-order valence-electron chi connectivity index (χ2n) is 8.62. The number of rotatable bonds is 6. The normalized spacial score (nSPS) is 23.6. The van der Waals surface area contributed by atoms with Gasteiger partial charge in [0.05, 0.1) is 11.7 Å². The fraction of sp³-hybridized carbons (Fsp3) is 0.440. The fourth-order valence-electron chi connectivity index (χ4n) is 3.88. The van der Waals surface area contributed by atoms with Gasteiger partial charge in [0.1, 0.15) is 17.5 Å². The number of hydroxylamine groups is 1. The van der Waals surface area contributed by atoms with E-state index in [-0.39, 0.29) is 12.1 Å². The largest absolute Gasteiger partial charge is 0.486 e. The van der Waals surface area contributed by atoms with E-state index >= 15 is 0 Å². The average molecular weight is 396 g/mol. The van der Waals surface area contributed by atoms with Gasteiger partial charge in [0.15, 0.2) is 0 Å². The molecule has 2 heterocycles. The van der Waals surface area contributed by atoms with Gasteiger partial charge in [0.25, 0.3) is 0 Å². The SMILES string of the molecule is CC(C)=CCC/C(C)=C/C=C/[C@@](C)(O)[C@@H]1CC2=C(O1)c1ccccc1N(O)C2C. The first-order valence-electron chi connectivity index (χ1n) is 10.4. The molecule has 4 heteroatoms. The van der Waals surface area contributed by atoms with Crippen molar-refractivity contribution in [3.05, 3.63) is 70.9 Å². The Kier molecular flexibility index (Phi) is 6.35. The maximum Gasteiger partial charge on any atom is 0.135 e. The van der Waals surface area contributed by atoms with Crippen LogP contribution in [-0.4, -0.2) is 28.1 Å². The Labute approximate surface area is 174 Å². The van der Waals surface area contributed by atoms with Crippen molar-refractivity contribution in [3.63, 3.8) is 0 Å². The van der Waals surface area contributed by atoms with Gasteiger partial charge in [0, 0.05) is 17.6 Å². The van der Waals surface area contributed by atoms with E-state index in [2.05, 4.69) is 32.9 Å². The Hall–Kier alpha value is -2.30. The van der Waals surface area contributed by atoms with Crippen LogP contribution in [0.25, 0.3) is 5.76 Å². The number of fused-ring (bicyclic) bond motifs is 2. The van der Waals surface area contributed by atoms with E-state index in [1.165, 1.54) is 16.2 Å². The van der Waals surface area contributed by atoms with E-state index in [1.807, 2.05) is 43.3 Å². The van der Waals surface area contributed by atoms with Crippen LogP contribution in [0, 0.1) is 0 Å². The number of hydrogen-bond acceptors (Lipinski definition) is 4. The lowest BCUT2D eigenvalue weighted by atomic mass is 9.89. The number of ether oxygens (including phenoxy) is 1. The van der Waals surface area contributed by atoms with Crippen molar-refractivity contribution in [3.8, 4) is 0 Å². The lowest BCUT2D eigenvalue weighted by Crippen LogP contribution is -2.38. The van der Waals surface area contributed by atoms with E-state index in [4.69, 9.17) is 4.74 Å². The average Bonchev–Trinajstić information content (AvgIpc) is 3.12. The number of nitrogens with zero attached hydrogens (tertiary/aromatic N) is 1. The van der Waals surface area contributed by atoms with Crippen molar-refractivity contribution in [2.24, 2.45) is 0 Å². The number of allylic oxidation sites excluding steroid dienone is 5. The fourth-order valence-corrected chi connectivity index (χ4v) is 3.88. The molecule has 1 unspecified atom stereocenters. The Balaban J connectivity index is 1.71. The van der Waals surface area contributed by atoms with Gasteiger partial charge in [-0.1, -0.05) is 41.5 Å². The molecular weight excluding hydrogens is 362 g/mol. The first-order chi connectivity index (χ1) is 13.7. The van der Waals surface area contributed by atoms with Crippen LogP contribution < -0.4 is 5.06 Å². The Morgan fingerprint density at radius 3 is 2.72 bits per heavy atom. The minimum atomic E-state index is -1.11. The summed E-state index contributed by atoms with van der Waals surface area (Å²) >= 11 is 0. The molecular formula is C25H33NO3. The minimum Gasteiger partial charge on any atom is -0.486 e. The molecule has 3 rings (SSSR count). The zero-order chi connectivity index (χ0) is 21.2. The minimum absolute atomic E-state index is 0.179. The number of benzene rings is 1. The second-order valence-corrected chi connectivity index (χ2v) is 8.62. The van der Waals surface area contributed by atoms with Crippen LogP contribution in [0.5, 0.6) is 0 Å². The Morgan fingerprint density at radius 1 is 1.28 bits per heavy atom. The summed E-state index contributed by atoms with van der Waals surface area (Å²) in [4.78, 5) is 0. The van der Waals surface area contributed by atoms with Crippen LogP contribution in [0.1, 0.15) is 59.4 Å². The molecule has 0 bridgehead atoms. The van der Waals surface area contributed by atoms with Gasteiger partial charge >= 0.3 is 0 Å². The van der Waals surface area contributed by atoms with Crippen LogP contribution >= 0.6 is 0 Å². The van der Waals surface area contributed by atoms with Gasteiger partial charge in [-0.2, -0.15) is 0 Å². The molecule has 1 aromatic rings. The summed E-state index contributed by atoms with van der Waals surface area (Å²) in [7, 11) is 0. The van der Waals surface area contributed by atoms with Gasteiger partial charge < -0.3 is 9.84 Å². The molecule has 1 aromatic carbocycles. The van der Waals surface area contributed by atoms with Crippen molar-refractivity contribution in [2.45, 2.75) is 71.6 Å². The highest BCUT2D eigenvalue weighted by Crippen LogP contribution is 2.46. The maximum absolute atomic E-state index is 11.1.